The van der Waals surface area contributed by atoms with E-state index in [2.05, 4.69) is 63.9 Å². The summed E-state index contributed by atoms with van der Waals surface area (Å²) >= 11 is 11.4. The van der Waals surface area contributed by atoms with Crippen LogP contribution >= 0.6 is 39.3 Å². The average Bonchev–Trinajstić information content (AvgIpc) is 3.52. The van der Waals surface area contributed by atoms with E-state index in [0.717, 1.165) is 56.6 Å². The number of H-pyrrole nitrogens is 1. The standard InChI is InChI=1S/C33H34BrClN4O2S/c1-3-37-14-16-38(17-15-37)32(41)33(42-26-11-4-22(2)5-12-26)19-30(40)39(21-23-6-8-24(34)9-7-23)31(33)28-20-36-29-18-25(35)10-13-27(28)29/h4-13,18,20,31,36H,3,14-17,19,21H2,1-2H3. The summed E-state index contributed by atoms with van der Waals surface area (Å²) in [6.07, 6.45) is 2.09. The van der Waals surface area contributed by atoms with E-state index in [1.807, 2.05) is 58.5 Å². The predicted molar refractivity (Wildman–Crippen MR) is 174 cm³/mol. The minimum absolute atomic E-state index is 0.0219. The highest BCUT2D eigenvalue weighted by Gasteiger charge is 2.59. The van der Waals surface area contributed by atoms with Gasteiger partial charge in [-0.15, -0.1) is 11.8 Å². The lowest BCUT2D eigenvalue weighted by Gasteiger charge is -2.42. The minimum Gasteiger partial charge on any atom is -0.361 e. The summed E-state index contributed by atoms with van der Waals surface area (Å²) < 4.78 is -0.0695. The number of carbonyl (C=O) groups is 2. The summed E-state index contributed by atoms with van der Waals surface area (Å²) in [5.41, 5.74) is 3.99. The summed E-state index contributed by atoms with van der Waals surface area (Å²) in [6, 6.07) is 21.6. The molecule has 2 saturated heterocycles. The van der Waals surface area contributed by atoms with Crippen LogP contribution in [-0.2, 0) is 16.1 Å². The quantitative estimate of drug-likeness (QED) is 0.230. The van der Waals surface area contributed by atoms with E-state index in [4.69, 9.17) is 11.6 Å². The zero-order valence-electron chi connectivity index (χ0n) is 23.8. The first kappa shape index (κ1) is 29.3. The van der Waals surface area contributed by atoms with E-state index >= 15 is 0 Å². The number of hydrogen-bond donors (Lipinski definition) is 1. The topological polar surface area (TPSA) is 59.7 Å². The Labute approximate surface area is 264 Å². The molecule has 2 aliphatic heterocycles. The third kappa shape index (κ3) is 5.62. The third-order valence-electron chi connectivity index (χ3n) is 8.51. The van der Waals surface area contributed by atoms with Gasteiger partial charge in [0.05, 0.1) is 12.5 Å². The van der Waals surface area contributed by atoms with Gasteiger partial charge in [-0.2, -0.15) is 0 Å². The molecule has 0 bridgehead atoms. The number of benzene rings is 3. The van der Waals surface area contributed by atoms with Crippen molar-refractivity contribution in [1.82, 2.24) is 19.7 Å². The molecular formula is C33H34BrClN4O2S. The number of nitrogens with one attached hydrogen (secondary N) is 1. The lowest BCUT2D eigenvalue weighted by atomic mass is 9.90. The first-order valence-corrected chi connectivity index (χ1v) is 16.3. The highest BCUT2D eigenvalue weighted by molar-refractivity contribution is 9.10. The van der Waals surface area contributed by atoms with Crippen molar-refractivity contribution >= 4 is 62.0 Å². The van der Waals surface area contributed by atoms with Crippen LogP contribution in [-0.4, -0.2) is 69.0 Å². The Kier molecular flexibility index (Phi) is 8.42. The lowest BCUT2D eigenvalue weighted by Crippen LogP contribution is -2.56. The van der Waals surface area contributed by atoms with Gasteiger partial charge in [-0.3, -0.25) is 9.59 Å². The number of aryl methyl sites for hydroxylation is 1. The average molecular weight is 666 g/mol. The fourth-order valence-electron chi connectivity index (χ4n) is 6.23. The van der Waals surface area contributed by atoms with Gasteiger partial charge in [0.2, 0.25) is 11.8 Å². The molecule has 6 rings (SSSR count). The number of likely N-dealkylation sites (tertiary alicyclic amines) is 1. The fourth-order valence-corrected chi connectivity index (χ4v) is 8.14. The molecule has 1 N–H and O–H groups in total. The second-order valence-corrected chi connectivity index (χ2v) is 13.9. The molecule has 4 aromatic rings. The zero-order valence-corrected chi connectivity index (χ0v) is 26.9. The molecule has 2 fully saturated rings. The van der Waals surface area contributed by atoms with Gasteiger partial charge in [-0.05, 0) is 55.4 Å². The number of piperazine rings is 1. The second-order valence-electron chi connectivity index (χ2n) is 11.2. The number of rotatable bonds is 7. The van der Waals surface area contributed by atoms with Crippen LogP contribution < -0.4 is 0 Å². The monoisotopic (exact) mass is 664 g/mol. The minimum atomic E-state index is -1.05. The van der Waals surface area contributed by atoms with E-state index in [9.17, 15) is 9.59 Å². The molecule has 2 amide bonds. The molecule has 2 aliphatic rings. The molecule has 0 radical (unpaired) electrons. The Morgan fingerprint density at radius 1 is 1.05 bits per heavy atom. The number of thioether (sulfide) groups is 1. The van der Waals surface area contributed by atoms with Crippen molar-refractivity contribution < 1.29 is 9.59 Å². The second kappa shape index (κ2) is 12.1. The van der Waals surface area contributed by atoms with Crippen molar-refractivity contribution in [3.05, 3.63) is 99.1 Å². The first-order chi connectivity index (χ1) is 20.3. The van der Waals surface area contributed by atoms with Gasteiger partial charge in [0, 0.05) is 69.8 Å². The van der Waals surface area contributed by atoms with Crippen LogP contribution in [0.1, 0.15) is 36.1 Å². The smallest absolute Gasteiger partial charge is 0.242 e. The highest BCUT2D eigenvalue weighted by Crippen LogP contribution is 2.55. The van der Waals surface area contributed by atoms with Gasteiger partial charge in [0.25, 0.3) is 0 Å². The van der Waals surface area contributed by atoms with Crippen molar-refractivity contribution in [2.75, 3.05) is 32.7 Å². The Morgan fingerprint density at radius 2 is 1.76 bits per heavy atom. The molecule has 9 heteroatoms. The molecule has 6 nitrogen and oxygen atoms in total. The number of aromatic nitrogens is 1. The Bertz CT molecular complexity index is 1600. The Hall–Kier alpha value is -2.78. The molecule has 0 saturated carbocycles. The summed E-state index contributed by atoms with van der Waals surface area (Å²) in [5.74, 6) is 0.00943. The number of nitrogens with zero attached hydrogens (tertiary/aromatic N) is 3. The Morgan fingerprint density at radius 3 is 2.45 bits per heavy atom. The maximum atomic E-state index is 14.9. The molecule has 42 heavy (non-hydrogen) atoms. The van der Waals surface area contributed by atoms with E-state index in [1.54, 1.807) is 0 Å². The number of likely N-dealkylation sites (N-methyl/N-ethyl adjacent to an activating group) is 1. The summed E-state index contributed by atoms with van der Waals surface area (Å²) in [6.45, 7) is 8.55. The van der Waals surface area contributed by atoms with Gasteiger partial charge in [-0.1, -0.05) is 70.3 Å². The third-order valence-corrected chi connectivity index (χ3v) is 10.7. The number of carbonyl (C=O) groups excluding carboxylic acids is 2. The van der Waals surface area contributed by atoms with Crippen molar-refractivity contribution in [3.8, 4) is 0 Å². The van der Waals surface area contributed by atoms with Crippen LogP contribution in [0, 0.1) is 6.92 Å². The number of amides is 2. The number of halogens is 2. The molecule has 0 aliphatic carbocycles. The van der Waals surface area contributed by atoms with Gasteiger partial charge in [0.15, 0.2) is 0 Å². The van der Waals surface area contributed by atoms with Gasteiger partial charge >= 0.3 is 0 Å². The SMILES string of the molecule is CCN1CCN(C(=O)C2(Sc3ccc(C)cc3)CC(=O)N(Cc3ccc(Br)cc3)C2c2c[nH]c3cc(Cl)ccc23)CC1. The molecule has 2 unspecified atom stereocenters. The van der Waals surface area contributed by atoms with Crippen molar-refractivity contribution in [2.24, 2.45) is 0 Å². The van der Waals surface area contributed by atoms with Crippen molar-refractivity contribution in [2.45, 2.75) is 42.5 Å². The largest absolute Gasteiger partial charge is 0.361 e. The summed E-state index contributed by atoms with van der Waals surface area (Å²) in [5, 5.41) is 1.60. The van der Waals surface area contributed by atoms with E-state index in [1.165, 1.54) is 11.8 Å². The van der Waals surface area contributed by atoms with Gasteiger partial charge in [0.1, 0.15) is 4.75 Å². The number of aromatic amines is 1. The Balaban J connectivity index is 1.50. The lowest BCUT2D eigenvalue weighted by molar-refractivity contribution is -0.136. The van der Waals surface area contributed by atoms with Crippen LogP contribution in [0.15, 0.2) is 82.3 Å². The van der Waals surface area contributed by atoms with E-state index < -0.39 is 10.8 Å². The molecule has 3 aromatic carbocycles. The van der Waals surface area contributed by atoms with E-state index in [-0.39, 0.29) is 18.2 Å². The summed E-state index contributed by atoms with van der Waals surface area (Å²) in [7, 11) is 0. The molecule has 2 atom stereocenters. The van der Waals surface area contributed by atoms with E-state index in [0.29, 0.717) is 24.7 Å². The molecular weight excluding hydrogens is 632 g/mol. The first-order valence-electron chi connectivity index (χ1n) is 14.4. The van der Waals surface area contributed by atoms with Crippen LogP contribution in [0.4, 0.5) is 0 Å². The molecule has 0 spiro atoms. The van der Waals surface area contributed by atoms with Gasteiger partial charge < -0.3 is 19.7 Å². The predicted octanol–water partition coefficient (Wildman–Crippen LogP) is 7.06. The summed E-state index contributed by atoms with van der Waals surface area (Å²) in [4.78, 5) is 39.8. The maximum Gasteiger partial charge on any atom is 0.242 e. The van der Waals surface area contributed by atoms with Crippen LogP contribution in [0.5, 0.6) is 0 Å². The number of fused-ring (bicyclic) bond motifs is 1. The van der Waals surface area contributed by atoms with Crippen LogP contribution in [0.3, 0.4) is 0 Å². The highest BCUT2D eigenvalue weighted by atomic mass is 79.9. The van der Waals surface area contributed by atoms with Crippen molar-refractivity contribution in [3.63, 3.8) is 0 Å². The van der Waals surface area contributed by atoms with Gasteiger partial charge in [-0.25, -0.2) is 0 Å². The number of hydrogen-bond acceptors (Lipinski definition) is 4. The molecule has 3 heterocycles. The molecule has 1 aromatic heterocycles. The fraction of sp³-hybridized carbons (Fsp3) is 0.333. The van der Waals surface area contributed by atoms with Crippen LogP contribution in [0.2, 0.25) is 5.02 Å². The maximum absolute atomic E-state index is 14.9. The zero-order chi connectivity index (χ0) is 29.4. The molecule has 218 valence electrons. The van der Waals surface area contributed by atoms with Crippen molar-refractivity contribution in [1.29, 1.82) is 0 Å². The van der Waals surface area contributed by atoms with Crippen LogP contribution in [0.25, 0.3) is 10.9 Å². The normalized spacial score (nSPS) is 21.4.